The molecule has 0 radical (unpaired) electrons. The minimum Gasteiger partial charge on any atom is -0.482 e. The van der Waals surface area contributed by atoms with Gasteiger partial charge in [-0.3, -0.25) is 9.80 Å². The van der Waals surface area contributed by atoms with Crippen LogP contribution in [0.25, 0.3) is 5.57 Å². The molecule has 5 rings (SSSR count). The minimum absolute atomic E-state index is 0.347. The van der Waals surface area contributed by atoms with Gasteiger partial charge in [-0.05, 0) is 55.0 Å². The molecule has 2 aliphatic rings. The molecule has 2 fully saturated rings. The van der Waals surface area contributed by atoms with E-state index in [0.717, 1.165) is 91.7 Å². The number of benzene rings is 1. The first-order valence-electron chi connectivity index (χ1n) is 14.6. The van der Waals surface area contributed by atoms with Crippen LogP contribution in [0.3, 0.4) is 0 Å². The van der Waals surface area contributed by atoms with Crippen molar-refractivity contribution in [3.63, 3.8) is 0 Å². The van der Waals surface area contributed by atoms with Crippen LogP contribution >= 0.6 is 34.4 Å². The molecule has 2 aromatic heterocycles. The second-order valence-electron chi connectivity index (χ2n) is 10.2. The molecule has 0 amide bonds. The van der Waals surface area contributed by atoms with E-state index in [-0.39, 0.29) is 6.61 Å². The molecule has 3 aromatic rings. The third-order valence-corrected chi connectivity index (χ3v) is 10.0. The van der Waals surface area contributed by atoms with Crippen molar-refractivity contribution in [1.82, 2.24) is 9.80 Å². The number of aliphatic carboxylic acids is 1. The van der Waals surface area contributed by atoms with Crippen LogP contribution in [0, 0.1) is 30.6 Å². The number of hydrogen-bond acceptors (Lipinski definition) is 9. The van der Waals surface area contributed by atoms with E-state index in [2.05, 4.69) is 63.8 Å². The van der Waals surface area contributed by atoms with Crippen molar-refractivity contribution in [3.05, 3.63) is 73.6 Å². The van der Waals surface area contributed by atoms with Gasteiger partial charge in [-0.25, -0.2) is 4.79 Å². The summed E-state index contributed by atoms with van der Waals surface area (Å²) in [5.74, 6) is 13.8. The van der Waals surface area contributed by atoms with Gasteiger partial charge >= 0.3 is 5.97 Å². The van der Waals surface area contributed by atoms with Gasteiger partial charge in [-0.1, -0.05) is 29.8 Å². The summed E-state index contributed by atoms with van der Waals surface area (Å²) in [6.07, 6.45) is 2.28. The SMILES string of the molecule is Cc1cc(SCC=C(c2ccc(C#CCN3CCOCC3)s2)c2ccc(C#CCN3CCOCC3)s2)ccc1OCC(=O)O. The molecule has 2 aliphatic heterocycles. The Bertz CT molecular complexity index is 1480. The molecule has 1 N–H and O–H groups in total. The van der Waals surface area contributed by atoms with Crippen LogP contribution in [-0.4, -0.2) is 98.9 Å². The fraction of sp³-hybridized carbons (Fsp3) is 0.382. The fourth-order valence-electron chi connectivity index (χ4n) is 4.65. The Morgan fingerprint density at radius 2 is 1.48 bits per heavy atom. The van der Waals surface area contributed by atoms with Crippen LogP contribution in [0.1, 0.15) is 25.1 Å². The quantitative estimate of drug-likeness (QED) is 0.239. The highest BCUT2D eigenvalue weighted by Gasteiger charge is 2.13. The van der Waals surface area contributed by atoms with Crippen molar-refractivity contribution in [1.29, 1.82) is 0 Å². The molecular formula is C34H36N2O5S3. The molecule has 0 unspecified atom stereocenters. The van der Waals surface area contributed by atoms with Gasteiger partial charge in [-0.15, -0.1) is 34.4 Å². The topological polar surface area (TPSA) is 71.5 Å². The Kier molecular flexibility index (Phi) is 12.4. The van der Waals surface area contributed by atoms with Gasteiger partial charge in [-0.2, -0.15) is 0 Å². The van der Waals surface area contributed by atoms with Crippen LogP contribution in [0.4, 0.5) is 0 Å². The minimum atomic E-state index is -0.986. The number of carboxylic acid groups (broad SMARTS) is 1. The highest BCUT2D eigenvalue weighted by Crippen LogP contribution is 2.35. The zero-order chi connectivity index (χ0) is 30.6. The molecule has 10 heteroatoms. The van der Waals surface area contributed by atoms with Crippen LogP contribution in [-0.2, 0) is 14.3 Å². The van der Waals surface area contributed by atoms with E-state index in [0.29, 0.717) is 5.75 Å². The average Bonchev–Trinajstić information content (AvgIpc) is 3.70. The smallest absolute Gasteiger partial charge is 0.341 e. The van der Waals surface area contributed by atoms with Crippen molar-refractivity contribution in [2.75, 3.05) is 78.1 Å². The first kappa shape index (κ1) is 32.3. The average molecular weight is 649 g/mol. The molecule has 44 heavy (non-hydrogen) atoms. The van der Waals surface area contributed by atoms with Gasteiger partial charge in [0.2, 0.25) is 0 Å². The van der Waals surface area contributed by atoms with Crippen LogP contribution in [0.5, 0.6) is 5.75 Å². The summed E-state index contributed by atoms with van der Waals surface area (Å²) in [4.78, 5) is 21.1. The standard InChI is InChI=1S/C34H36N2O5S3/c1-26-24-29(6-9-31(26)41-25-34(37)38)42-23-12-30(32-10-7-27(43-32)4-2-13-35-15-19-39-20-16-35)33-11-8-28(44-33)5-3-14-36-17-21-40-22-18-36/h6-12,24H,13-23,25H2,1H3,(H,37,38). The lowest BCUT2D eigenvalue weighted by Gasteiger charge is -2.24. The number of ether oxygens (including phenoxy) is 3. The van der Waals surface area contributed by atoms with E-state index in [1.165, 1.54) is 15.3 Å². The van der Waals surface area contributed by atoms with Gasteiger partial charge in [0.15, 0.2) is 6.61 Å². The maximum Gasteiger partial charge on any atom is 0.341 e. The Labute approximate surface area is 271 Å². The lowest BCUT2D eigenvalue weighted by Crippen LogP contribution is -2.36. The van der Waals surface area contributed by atoms with Crippen LogP contribution in [0.2, 0.25) is 0 Å². The molecule has 0 bridgehead atoms. The molecule has 4 heterocycles. The Morgan fingerprint density at radius 1 is 0.909 bits per heavy atom. The first-order chi connectivity index (χ1) is 21.5. The third-order valence-electron chi connectivity index (χ3n) is 7.01. The molecule has 7 nitrogen and oxygen atoms in total. The Morgan fingerprint density at radius 3 is 2.00 bits per heavy atom. The number of hydrogen-bond donors (Lipinski definition) is 1. The number of thiophene rings is 2. The summed E-state index contributed by atoms with van der Waals surface area (Å²) < 4.78 is 16.3. The van der Waals surface area contributed by atoms with E-state index in [9.17, 15) is 4.79 Å². The molecular weight excluding hydrogens is 613 g/mol. The summed E-state index contributed by atoms with van der Waals surface area (Å²) in [7, 11) is 0. The Hall–Kier alpha value is -3.06. The lowest BCUT2D eigenvalue weighted by atomic mass is 10.2. The number of carbonyl (C=O) groups is 1. The van der Waals surface area contributed by atoms with Gasteiger partial charge in [0.05, 0.1) is 49.3 Å². The second-order valence-corrected chi connectivity index (χ2v) is 13.5. The Balaban J connectivity index is 1.30. The summed E-state index contributed by atoms with van der Waals surface area (Å²) in [6, 6.07) is 14.4. The zero-order valence-electron chi connectivity index (χ0n) is 24.8. The van der Waals surface area contributed by atoms with E-state index in [4.69, 9.17) is 19.3 Å². The van der Waals surface area contributed by atoms with Gasteiger partial charge < -0.3 is 19.3 Å². The number of nitrogens with zero attached hydrogens (tertiary/aromatic N) is 2. The molecule has 0 spiro atoms. The maximum atomic E-state index is 10.9. The molecule has 0 atom stereocenters. The van der Waals surface area contributed by atoms with Crippen molar-refractivity contribution in [2.45, 2.75) is 11.8 Å². The lowest BCUT2D eigenvalue weighted by molar-refractivity contribution is -0.139. The molecule has 230 valence electrons. The largest absolute Gasteiger partial charge is 0.482 e. The van der Waals surface area contributed by atoms with E-state index in [1.807, 2.05) is 25.1 Å². The number of thioether (sulfide) groups is 1. The van der Waals surface area contributed by atoms with Crippen molar-refractivity contribution >= 4 is 46.0 Å². The van der Waals surface area contributed by atoms with Crippen molar-refractivity contribution in [2.24, 2.45) is 0 Å². The maximum absolute atomic E-state index is 10.9. The number of aryl methyl sites for hydroxylation is 1. The summed E-state index contributed by atoms with van der Waals surface area (Å²) >= 11 is 5.17. The van der Waals surface area contributed by atoms with E-state index < -0.39 is 5.97 Å². The predicted molar refractivity (Wildman–Crippen MR) is 179 cm³/mol. The number of morpholine rings is 2. The number of rotatable bonds is 10. The molecule has 1 aromatic carbocycles. The van der Waals surface area contributed by atoms with Crippen molar-refractivity contribution in [3.8, 4) is 29.4 Å². The highest BCUT2D eigenvalue weighted by molar-refractivity contribution is 7.99. The highest BCUT2D eigenvalue weighted by atomic mass is 32.2. The predicted octanol–water partition coefficient (Wildman–Crippen LogP) is 5.17. The molecule has 0 aliphatic carbocycles. The molecule has 0 saturated carbocycles. The second kappa shape index (κ2) is 16.9. The van der Waals surface area contributed by atoms with E-state index >= 15 is 0 Å². The van der Waals surface area contributed by atoms with Gasteiger partial charge in [0, 0.05) is 52.2 Å². The summed E-state index contributed by atoms with van der Waals surface area (Å²) in [5, 5.41) is 8.91. The summed E-state index contributed by atoms with van der Waals surface area (Å²) in [5.41, 5.74) is 2.10. The summed E-state index contributed by atoms with van der Waals surface area (Å²) in [6.45, 7) is 9.94. The molecule has 2 saturated heterocycles. The van der Waals surface area contributed by atoms with Crippen LogP contribution in [0.15, 0.2) is 53.4 Å². The van der Waals surface area contributed by atoms with Crippen LogP contribution < -0.4 is 4.74 Å². The van der Waals surface area contributed by atoms with Crippen molar-refractivity contribution < 1.29 is 24.1 Å². The normalized spacial score (nSPS) is 15.5. The third kappa shape index (κ3) is 9.98. The number of carboxylic acids is 1. The van der Waals surface area contributed by atoms with Gasteiger partial charge in [0.1, 0.15) is 5.75 Å². The first-order valence-corrected chi connectivity index (χ1v) is 17.2. The van der Waals surface area contributed by atoms with Gasteiger partial charge in [0.25, 0.3) is 0 Å². The fourth-order valence-corrected chi connectivity index (χ4v) is 7.45. The zero-order valence-corrected chi connectivity index (χ0v) is 27.3. The monoisotopic (exact) mass is 648 g/mol. The van der Waals surface area contributed by atoms with E-state index in [1.54, 1.807) is 34.4 Å².